The summed E-state index contributed by atoms with van der Waals surface area (Å²) in [5, 5.41) is 0. The Morgan fingerprint density at radius 3 is 2.62 bits per heavy atom. The number of hydrogen-bond acceptors (Lipinski definition) is 2. The Hall–Kier alpha value is -1.87. The van der Waals surface area contributed by atoms with Gasteiger partial charge in [0.2, 0.25) is 0 Å². The van der Waals surface area contributed by atoms with Gasteiger partial charge in [-0.3, -0.25) is 0 Å². The first-order valence-electron chi connectivity index (χ1n) is 7.29. The molecular weight excluding hydrogens is 265 g/mol. The van der Waals surface area contributed by atoms with Gasteiger partial charge >= 0.3 is 0 Å². The fourth-order valence-corrected chi connectivity index (χ4v) is 3.15. The second-order valence-corrected chi connectivity index (χ2v) is 5.64. The van der Waals surface area contributed by atoms with E-state index in [1.165, 1.54) is 12.7 Å². The van der Waals surface area contributed by atoms with Crippen LogP contribution in [0.4, 0.5) is 4.39 Å². The third kappa shape index (κ3) is 2.66. The van der Waals surface area contributed by atoms with Crippen molar-refractivity contribution in [3.8, 4) is 5.75 Å². The zero-order valence-corrected chi connectivity index (χ0v) is 12.5. The molecule has 1 aliphatic rings. The molecule has 0 bridgehead atoms. The molecule has 0 saturated heterocycles. The monoisotopic (exact) mass is 285 g/mol. The van der Waals surface area contributed by atoms with Gasteiger partial charge in [-0.1, -0.05) is 36.4 Å². The molecule has 0 fully saturated rings. The molecule has 0 radical (unpaired) electrons. The first-order valence-corrected chi connectivity index (χ1v) is 7.29. The van der Waals surface area contributed by atoms with Gasteiger partial charge in [0.05, 0.1) is 7.11 Å². The van der Waals surface area contributed by atoms with Crippen LogP contribution in [0.2, 0.25) is 0 Å². The molecule has 0 spiro atoms. The Labute approximate surface area is 125 Å². The topological polar surface area (TPSA) is 12.5 Å². The van der Waals surface area contributed by atoms with Crippen LogP contribution in [-0.2, 0) is 6.54 Å². The summed E-state index contributed by atoms with van der Waals surface area (Å²) >= 11 is 0. The van der Waals surface area contributed by atoms with Gasteiger partial charge in [-0.2, -0.15) is 0 Å². The normalized spacial score (nSPS) is 18.9. The van der Waals surface area contributed by atoms with Crippen LogP contribution in [0.3, 0.4) is 0 Å². The summed E-state index contributed by atoms with van der Waals surface area (Å²) in [6.45, 7) is 1.58. The number of ether oxygens (including phenoxy) is 1. The van der Waals surface area contributed by atoms with E-state index in [-0.39, 0.29) is 11.7 Å². The quantitative estimate of drug-likeness (QED) is 0.832. The van der Waals surface area contributed by atoms with E-state index >= 15 is 0 Å². The molecule has 2 aromatic carbocycles. The van der Waals surface area contributed by atoms with Crippen molar-refractivity contribution in [3.63, 3.8) is 0 Å². The third-order valence-electron chi connectivity index (χ3n) is 4.27. The number of benzene rings is 2. The SMILES string of the molecule is COc1ccc2c(c1F)CN(C)CCC2c1ccccc1. The third-order valence-corrected chi connectivity index (χ3v) is 4.27. The molecule has 2 aromatic rings. The molecular formula is C18H20FNO. The molecule has 1 unspecified atom stereocenters. The zero-order chi connectivity index (χ0) is 14.8. The lowest BCUT2D eigenvalue weighted by Crippen LogP contribution is -2.18. The van der Waals surface area contributed by atoms with Crippen molar-refractivity contribution in [2.75, 3.05) is 20.7 Å². The Bertz CT molecular complexity index is 627. The second-order valence-electron chi connectivity index (χ2n) is 5.64. The van der Waals surface area contributed by atoms with Crippen molar-refractivity contribution in [2.45, 2.75) is 18.9 Å². The first kappa shape index (κ1) is 14.1. The first-order chi connectivity index (χ1) is 10.2. The molecule has 1 aliphatic heterocycles. The van der Waals surface area contributed by atoms with E-state index in [0.717, 1.165) is 24.1 Å². The summed E-state index contributed by atoms with van der Waals surface area (Å²) in [7, 11) is 3.55. The van der Waals surface area contributed by atoms with Gasteiger partial charge in [-0.25, -0.2) is 4.39 Å². The number of nitrogens with zero attached hydrogens (tertiary/aromatic N) is 1. The summed E-state index contributed by atoms with van der Waals surface area (Å²) in [4.78, 5) is 2.17. The van der Waals surface area contributed by atoms with Gasteiger partial charge in [0.1, 0.15) is 0 Å². The zero-order valence-electron chi connectivity index (χ0n) is 12.5. The number of rotatable bonds is 2. The van der Waals surface area contributed by atoms with Crippen molar-refractivity contribution < 1.29 is 9.13 Å². The smallest absolute Gasteiger partial charge is 0.169 e. The summed E-state index contributed by atoms with van der Waals surface area (Å²) in [6.07, 6.45) is 0.999. The fraction of sp³-hybridized carbons (Fsp3) is 0.333. The second kappa shape index (κ2) is 5.86. The molecule has 0 amide bonds. The predicted molar refractivity (Wildman–Crippen MR) is 82.2 cm³/mol. The van der Waals surface area contributed by atoms with Crippen LogP contribution >= 0.6 is 0 Å². The summed E-state index contributed by atoms with van der Waals surface area (Å²) in [5.74, 6) is 0.354. The van der Waals surface area contributed by atoms with Crippen LogP contribution in [-0.4, -0.2) is 25.6 Å². The summed E-state index contributed by atoms with van der Waals surface area (Å²) in [6, 6.07) is 14.1. The maximum absolute atomic E-state index is 14.6. The minimum Gasteiger partial charge on any atom is -0.494 e. The van der Waals surface area contributed by atoms with Gasteiger partial charge in [0.25, 0.3) is 0 Å². The Kier molecular flexibility index (Phi) is 3.93. The van der Waals surface area contributed by atoms with E-state index in [9.17, 15) is 4.39 Å². The molecule has 1 atom stereocenters. The van der Waals surface area contributed by atoms with Crippen molar-refractivity contribution in [1.82, 2.24) is 4.90 Å². The lowest BCUT2D eigenvalue weighted by molar-refractivity contribution is 0.320. The molecule has 0 saturated carbocycles. The fourth-order valence-electron chi connectivity index (χ4n) is 3.15. The molecule has 1 heterocycles. The van der Waals surface area contributed by atoms with E-state index in [1.807, 2.05) is 31.3 Å². The van der Waals surface area contributed by atoms with Crippen LogP contribution in [0.15, 0.2) is 42.5 Å². The summed E-state index contributed by atoms with van der Waals surface area (Å²) < 4.78 is 19.8. The average molecular weight is 285 g/mol. The highest BCUT2D eigenvalue weighted by Crippen LogP contribution is 2.37. The molecule has 110 valence electrons. The van der Waals surface area contributed by atoms with Crippen molar-refractivity contribution in [3.05, 3.63) is 65.0 Å². The minimum absolute atomic E-state index is 0.218. The van der Waals surface area contributed by atoms with Crippen molar-refractivity contribution >= 4 is 0 Å². The summed E-state index contributed by atoms with van der Waals surface area (Å²) in [5.41, 5.74) is 3.10. The standard InChI is InChI=1S/C18H20FNO/c1-20-11-10-14(13-6-4-3-5-7-13)15-8-9-17(21-2)18(19)16(15)12-20/h3-9,14H,10-12H2,1-2H3. The van der Waals surface area contributed by atoms with E-state index in [1.54, 1.807) is 6.07 Å². The maximum atomic E-state index is 14.6. The van der Waals surface area contributed by atoms with E-state index in [4.69, 9.17) is 4.74 Å². The van der Waals surface area contributed by atoms with Crippen LogP contribution in [0.1, 0.15) is 29.0 Å². The van der Waals surface area contributed by atoms with E-state index < -0.39 is 0 Å². The van der Waals surface area contributed by atoms with Gasteiger partial charge in [0, 0.05) is 18.0 Å². The lowest BCUT2D eigenvalue weighted by atomic mass is 9.86. The number of hydrogen-bond donors (Lipinski definition) is 0. The van der Waals surface area contributed by atoms with Crippen LogP contribution in [0.5, 0.6) is 5.75 Å². The van der Waals surface area contributed by atoms with Crippen molar-refractivity contribution in [2.24, 2.45) is 0 Å². The highest BCUT2D eigenvalue weighted by Gasteiger charge is 2.26. The van der Waals surface area contributed by atoms with Crippen molar-refractivity contribution in [1.29, 1.82) is 0 Å². The van der Waals surface area contributed by atoms with Gasteiger partial charge in [0.15, 0.2) is 11.6 Å². The van der Waals surface area contributed by atoms with Gasteiger partial charge in [-0.05, 0) is 37.2 Å². The highest BCUT2D eigenvalue weighted by molar-refractivity contribution is 5.44. The number of halogens is 1. The largest absolute Gasteiger partial charge is 0.494 e. The number of methoxy groups -OCH3 is 1. The van der Waals surface area contributed by atoms with E-state index in [2.05, 4.69) is 17.0 Å². The maximum Gasteiger partial charge on any atom is 0.169 e. The Balaban J connectivity index is 2.12. The molecule has 3 rings (SSSR count). The van der Waals surface area contributed by atoms with Crippen LogP contribution < -0.4 is 4.74 Å². The van der Waals surface area contributed by atoms with E-state index in [0.29, 0.717) is 12.3 Å². The molecule has 0 aliphatic carbocycles. The average Bonchev–Trinajstić information content (AvgIpc) is 2.68. The highest BCUT2D eigenvalue weighted by atomic mass is 19.1. The molecule has 2 nitrogen and oxygen atoms in total. The molecule has 21 heavy (non-hydrogen) atoms. The Morgan fingerprint density at radius 2 is 1.90 bits per heavy atom. The van der Waals surface area contributed by atoms with Crippen LogP contribution in [0.25, 0.3) is 0 Å². The molecule has 0 N–H and O–H groups in total. The van der Waals surface area contributed by atoms with Crippen LogP contribution in [0, 0.1) is 5.82 Å². The Morgan fingerprint density at radius 1 is 1.14 bits per heavy atom. The number of fused-ring (bicyclic) bond motifs is 1. The molecule has 0 aromatic heterocycles. The van der Waals surface area contributed by atoms with Gasteiger partial charge in [-0.15, -0.1) is 0 Å². The minimum atomic E-state index is -0.218. The molecule has 3 heteroatoms. The van der Waals surface area contributed by atoms with Gasteiger partial charge < -0.3 is 9.64 Å². The lowest BCUT2D eigenvalue weighted by Gasteiger charge is -2.19. The predicted octanol–water partition coefficient (Wildman–Crippen LogP) is 3.80.